The van der Waals surface area contributed by atoms with Gasteiger partial charge in [0.2, 0.25) is 5.91 Å². The largest absolute Gasteiger partial charge is 0.369 e. The molecule has 0 aromatic carbocycles. The van der Waals surface area contributed by atoms with E-state index in [2.05, 4.69) is 19.1 Å². The summed E-state index contributed by atoms with van der Waals surface area (Å²) in [6, 6.07) is 0. The van der Waals surface area contributed by atoms with E-state index in [0.29, 0.717) is 17.8 Å². The van der Waals surface area contributed by atoms with Gasteiger partial charge in [-0.15, -0.1) is 0 Å². The zero-order chi connectivity index (χ0) is 8.01. The Morgan fingerprint density at radius 3 is 2.45 bits per heavy atom. The number of carbonyl (C=O) groups excluding carboxylic acids is 1. The fourth-order valence-electron chi connectivity index (χ4n) is 2.54. The number of amides is 1. The van der Waals surface area contributed by atoms with E-state index in [0.717, 1.165) is 6.42 Å². The van der Waals surface area contributed by atoms with Crippen LogP contribution in [0, 0.1) is 23.7 Å². The number of hydrogen-bond acceptors (Lipinski definition) is 1. The summed E-state index contributed by atoms with van der Waals surface area (Å²) in [6.45, 7) is 2.13. The Labute approximate surface area is 66.5 Å². The normalized spacial score (nSPS) is 46.6. The second-order valence-corrected chi connectivity index (χ2v) is 3.74. The molecule has 4 atom stereocenters. The van der Waals surface area contributed by atoms with Crippen LogP contribution < -0.4 is 5.73 Å². The number of nitrogens with two attached hydrogens (primary N) is 1. The van der Waals surface area contributed by atoms with Gasteiger partial charge in [0, 0.05) is 5.92 Å². The van der Waals surface area contributed by atoms with E-state index in [-0.39, 0.29) is 11.8 Å². The fraction of sp³-hybridized carbons (Fsp3) is 0.667. The molecule has 2 rings (SSSR count). The van der Waals surface area contributed by atoms with Crippen LogP contribution in [0.4, 0.5) is 0 Å². The van der Waals surface area contributed by atoms with Crippen molar-refractivity contribution in [3.05, 3.63) is 12.2 Å². The average Bonchev–Trinajstić information content (AvgIpc) is 2.44. The Morgan fingerprint density at radius 2 is 2.09 bits per heavy atom. The summed E-state index contributed by atoms with van der Waals surface area (Å²) in [5.74, 6) is 1.55. The molecule has 2 bridgehead atoms. The third-order valence-electron chi connectivity index (χ3n) is 3.18. The van der Waals surface area contributed by atoms with Gasteiger partial charge in [0.15, 0.2) is 0 Å². The highest BCUT2D eigenvalue weighted by molar-refractivity contribution is 5.78. The predicted molar refractivity (Wildman–Crippen MR) is 42.6 cm³/mol. The van der Waals surface area contributed by atoms with Crippen LogP contribution in [0.3, 0.4) is 0 Å². The summed E-state index contributed by atoms with van der Waals surface area (Å²) in [5, 5.41) is 0. The Morgan fingerprint density at radius 1 is 1.45 bits per heavy atom. The monoisotopic (exact) mass is 151 g/mol. The SMILES string of the molecule is C[C@H]1[C@@H](C(N)=O)[C@H]2C=C[C@H]1C2. The smallest absolute Gasteiger partial charge is 0.221 e. The lowest BCUT2D eigenvalue weighted by atomic mass is 9.84. The molecule has 2 heteroatoms. The van der Waals surface area contributed by atoms with Gasteiger partial charge in [-0.3, -0.25) is 4.79 Å². The van der Waals surface area contributed by atoms with E-state index in [1.807, 2.05) is 0 Å². The molecule has 1 fully saturated rings. The zero-order valence-electron chi connectivity index (χ0n) is 6.66. The van der Waals surface area contributed by atoms with Gasteiger partial charge >= 0.3 is 0 Å². The van der Waals surface area contributed by atoms with Crippen LogP contribution in [0.5, 0.6) is 0 Å². The average molecular weight is 151 g/mol. The summed E-state index contributed by atoms with van der Waals surface area (Å²) in [4.78, 5) is 11.0. The first-order chi connectivity index (χ1) is 5.20. The Hall–Kier alpha value is -0.790. The van der Waals surface area contributed by atoms with Crippen molar-refractivity contribution in [1.29, 1.82) is 0 Å². The molecule has 2 N–H and O–H groups in total. The molecule has 2 aliphatic rings. The van der Waals surface area contributed by atoms with Crippen LogP contribution in [0.25, 0.3) is 0 Å². The maximum absolute atomic E-state index is 11.0. The van der Waals surface area contributed by atoms with Crippen LogP contribution >= 0.6 is 0 Å². The number of rotatable bonds is 1. The third kappa shape index (κ3) is 0.817. The minimum absolute atomic E-state index is 0.116. The Balaban J connectivity index is 2.25. The maximum atomic E-state index is 11.0. The molecule has 0 spiro atoms. The van der Waals surface area contributed by atoms with Gasteiger partial charge in [0.25, 0.3) is 0 Å². The van der Waals surface area contributed by atoms with Gasteiger partial charge in [-0.1, -0.05) is 19.1 Å². The van der Waals surface area contributed by atoms with Crippen molar-refractivity contribution in [3.8, 4) is 0 Å². The van der Waals surface area contributed by atoms with Crippen LogP contribution in [0.15, 0.2) is 12.2 Å². The first-order valence-corrected chi connectivity index (χ1v) is 4.18. The summed E-state index contributed by atoms with van der Waals surface area (Å²) in [7, 11) is 0. The second-order valence-electron chi connectivity index (χ2n) is 3.74. The lowest BCUT2D eigenvalue weighted by molar-refractivity contribution is -0.123. The van der Waals surface area contributed by atoms with Crippen molar-refractivity contribution in [2.75, 3.05) is 0 Å². The Bertz CT molecular complexity index is 222. The molecule has 0 unspecified atom stereocenters. The van der Waals surface area contributed by atoms with E-state index in [1.54, 1.807) is 0 Å². The molecule has 60 valence electrons. The molecule has 0 saturated heterocycles. The summed E-state index contributed by atoms with van der Waals surface area (Å²) in [6.07, 6.45) is 5.53. The van der Waals surface area contributed by atoms with Crippen molar-refractivity contribution in [1.82, 2.24) is 0 Å². The highest BCUT2D eigenvalue weighted by atomic mass is 16.1. The van der Waals surface area contributed by atoms with Gasteiger partial charge in [-0.25, -0.2) is 0 Å². The van der Waals surface area contributed by atoms with Gasteiger partial charge < -0.3 is 5.73 Å². The molecule has 1 amide bonds. The van der Waals surface area contributed by atoms with Crippen molar-refractivity contribution < 1.29 is 4.79 Å². The molecule has 0 aliphatic heterocycles. The zero-order valence-corrected chi connectivity index (χ0v) is 6.66. The minimum Gasteiger partial charge on any atom is -0.369 e. The van der Waals surface area contributed by atoms with Gasteiger partial charge in [-0.2, -0.15) is 0 Å². The molecule has 2 nitrogen and oxygen atoms in total. The lowest BCUT2D eigenvalue weighted by Gasteiger charge is -2.20. The van der Waals surface area contributed by atoms with Gasteiger partial charge in [0.1, 0.15) is 0 Å². The lowest BCUT2D eigenvalue weighted by Crippen LogP contribution is -2.31. The van der Waals surface area contributed by atoms with Gasteiger partial charge in [0.05, 0.1) is 0 Å². The molecule has 0 aromatic heterocycles. The fourth-order valence-corrected chi connectivity index (χ4v) is 2.54. The molecular weight excluding hydrogens is 138 g/mol. The molecule has 0 heterocycles. The quantitative estimate of drug-likeness (QED) is 0.556. The number of allylic oxidation sites excluding steroid dienone is 2. The molecule has 0 aromatic rings. The van der Waals surface area contributed by atoms with E-state index < -0.39 is 0 Å². The second kappa shape index (κ2) is 2.10. The van der Waals surface area contributed by atoms with Crippen molar-refractivity contribution in [2.24, 2.45) is 29.4 Å². The van der Waals surface area contributed by atoms with Crippen molar-refractivity contribution in [3.63, 3.8) is 0 Å². The summed E-state index contributed by atoms with van der Waals surface area (Å²) < 4.78 is 0. The topological polar surface area (TPSA) is 43.1 Å². The van der Waals surface area contributed by atoms with E-state index >= 15 is 0 Å². The Kier molecular flexibility index (Phi) is 1.31. The summed E-state index contributed by atoms with van der Waals surface area (Å²) in [5.41, 5.74) is 5.30. The van der Waals surface area contributed by atoms with Crippen LogP contribution in [0.2, 0.25) is 0 Å². The van der Waals surface area contributed by atoms with Crippen molar-refractivity contribution >= 4 is 5.91 Å². The number of hydrogen-bond donors (Lipinski definition) is 1. The first kappa shape index (κ1) is 6.89. The molecule has 0 radical (unpaired) electrons. The number of carbonyl (C=O) groups is 1. The maximum Gasteiger partial charge on any atom is 0.221 e. The standard InChI is InChI=1S/C9H13NO/c1-5-6-2-3-7(4-6)8(5)9(10)11/h2-3,5-8H,4H2,1H3,(H2,10,11)/t5-,6+,7+,8-/m1/s1. The van der Waals surface area contributed by atoms with Crippen LogP contribution in [0.1, 0.15) is 13.3 Å². The summed E-state index contributed by atoms with van der Waals surface area (Å²) >= 11 is 0. The third-order valence-corrected chi connectivity index (χ3v) is 3.18. The van der Waals surface area contributed by atoms with E-state index in [9.17, 15) is 4.79 Å². The molecule has 11 heavy (non-hydrogen) atoms. The van der Waals surface area contributed by atoms with Gasteiger partial charge in [-0.05, 0) is 24.2 Å². The predicted octanol–water partition coefficient (Wildman–Crippen LogP) is 0.930. The molecule has 1 saturated carbocycles. The first-order valence-electron chi connectivity index (χ1n) is 4.18. The highest BCUT2D eigenvalue weighted by Crippen LogP contribution is 2.47. The number of primary amides is 1. The van der Waals surface area contributed by atoms with E-state index in [1.165, 1.54) is 0 Å². The van der Waals surface area contributed by atoms with E-state index in [4.69, 9.17) is 5.73 Å². The van der Waals surface area contributed by atoms with Crippen molar-refractivity contribution in [2.45, 2.75) is 13.3 Å². The highest BCUT2D eigenvalue weighted by Gasteiger charge is 2.44. The number of fused-ring (bicyclic) bond motifs is 2. The molecule has 2 aliphatic carbocycles. The molecular formula is C9H13NO. The minimum atomic E-state index is -0.116. The van der Waals surface area contributed by atoms with Crippen LogP contribution in [-0.2, 0) is 4.79 Å². The van der Waals surface area contributed by atoms with Crippen LogP contribution in [-0.4, -0.2) is 5.91 Å².